The fourth-order valence-corrected chi connectivity index (χ4v) is 2.40. The Balaban J connectivity index is 2.42. The van der Waals surface area contributed by atoms with Crippen LogP contribution in [0.3, 0.4) is 0 Å². The van der Waals surface area contributed by atoms with Crippen LogP contribution in [0.25, 0.3) is 0 Å². The van der Waals surface area contributed by atoms with Gasteiger partial charge in [0.25, 0.3) is 0 Å². The van der Waals surface area contributed by atoms with Gasteiger partial charge in [0.15, 0.2) is 0 Å². The first-order valence-corrected chi connectivity index (χ1v) is 6.87. The van der Waals surface area contributed by atoms with Gasteiger partial charge in [-0.25, -0.2) is 0 Å². The summed E-state index contributed by atoms with van der Waals surface area (Å²) in [6.07, 6.45) is 0.121. The molecule has 0 aromatic heterocycles. The molecular formula is C18H16N2O. The van der Waals surface area contributed by atoms with E-state index in [0.29, 0.717) is 17.5 Å². The summed E-state index contributed by atoms with van der Waals surface area (Å²) in [5, 5.41) is 28.1. The van der Waals surface area contributed by atoms with Gasteiger partial charge in [-0.15, -0.1) is 0 Å². The number of rotatable bonds is 4. The van der Waals surface area contributed by atoms with Crippen LogP contribution in [0.1, 0.15) is 41.5 Å². The first-order valence-electron chi connectivity index (χ1n) is 6.87. The molecule has 0 saturated heterocycles. The van der Waals surface area contributed by atoms with Crippen LogP contribution in [0.5, 0.6) is 0 Å². The molecule has 1 N–H and O–H groups in total. The third-order valence-corrected chi connectivity index (χ3v) is 3.60. The van der Waals surface area contributed by atoms with Crippen LogP contribution >= 0.6 is 0 Å². The van der Waals surface area contributed by atoms with Crippen LogP contribution in [-0.4, -0.2) is 11.2 Å². The molecule has 0 saturated carbocycles. The second-order valence-corrected chi connectivity index (χ2v) is 4.92. The summed E-state index contributed by atoms with van der Waals surface area (Å²) in [4.78, 5) is 0. The van der Waals surface area contributed by atoms with E-state index in [-0.39, 0.29) is 5.92 Å². The maximum Gasteiger partial charge on any atom is 0.0991 e. The highest BCUT2D eigenvalue weighted by molar-refractivity contribution is 5.40. The highest BCUT2D eigenvalue weighted by Gasteiger charge is 2.21. The average Bonchev–Trinajstić information content (AvgIpc) is 2.56. The largest absolute Gasteiger partial charge is 0.392 e. The third-order valence-electron chi connectivity index (χ3n) is 3.60. The van der Waals surface area contributed by atoms with Crippen molar-refractivity contribution in [1.82, 2.24) is 0 Å². The molecule has 0 radical (unpaired) electrons. The van der Waals surface area contributed by atoms with E-state index in [0.717, 1.165) is 11.1 Å². The minimum absolute atomic E-state index is 0.157. The fourth-order valence-electron chi connectivity index (χ4n) is 2.40. The van der Waals surface area contributed by atoms with Crippen molar-refractivity contribution in [2.75, 3.05) is 0 Å². The predicted molar refractivity (Wildman–Crippen MR) is 80.5 cm³/mol. The Hall–Kier alpha value is -2.62. The van der Waals surface area contributed by atoms with Crippen LogP contribution < -0.4 is 0 Å². The van der Waals surface area contributed by atoms with Crippen molar-refractivity contribution in [3.05, 3.63) is 70.8 Å². The summed E-state index contributed by atoms with van der Waals surface area (Å²) in [6, 6.07) is 18.7. The summed E-state index contributed by atoms with van der Waals surface area (Å²) in [5.41, 5.74) is 3.13. The van der Waals surface area contributed by atoms with E-state index in [9.17, 15) is 5.11 Å². The zero-order valence-corrected chi connectivity index (χ0v) is 11.8. The van der Waals surface area contributed by atoms with Crippen LogP contribution in [0.15, 0.2) is 48.5 Å². The van der Waals surface area contributed by atoms with Gasteiger partial charge in [0, 0.05) is 5.92 Å². The third kappa shape index (κ3) is 3.28. The van der Waals surface area contributed by atoms with Gasteiger partial charge in [0.05, 0.1) is 29.4 Å². The summed E-state index contributed by atoms with van der Waals surface area (Å²) in [6.45, 7) is 1.94. The van der Waals surface area contributed by atoms with Gasteiger partial charge in [0.1, 0.15) is 0 Å². The van der Waals surface area contributed by atoms with Gasteiger partial charge >= 0.3 is 0 Å². The molecule has 0 spiro atoms. The smallest absolute Gasteiger partial charge is 0.0991 e. The molecule has 0 heterocycles. The Morgan fingerprint density at radius 2 is 1.24 bits per heavy atom. The topological polar surface area (TPSA) is 67.8 Å². The number of hydrogen-bond acceptors (Lipinski definition) is 3. The number of nitriles is 2. The highest BCUT2D eigenvalue weighted by atomic mass is 16.3. The van der Waals surface area contributed by atoms with Crippen LogP contribution in [-0.2, 0) is 0 Å². The molecule has 1 unspecified atom stereocenters. The van der Waals surface area contributed by atoms with Gasteiger partial charge in [-0.05, 0) is 41.8 Å². The first kappa shape index (κ1) is 14.8. The number of benzene rings is 2. The minimum Gasteiger partial charge on any atom is -0.392 e. The molecule has 21 heavy (non-hydrogen) atoms. The van der Waals surface area contributed by atoms with Crippen molar-refractivity contribution in [2.24, 2.45) is 0 Å². The molecule has 3 nitrogen and oxygen atoms in total. The maximum absolute atomic E-state index is 10.3. The van der Waals surface area contributed by atoms with E-state index in [4.69, 9.17) is 10.5 Å². The van der Waals surface area contributed by atoms with Gasteiger partial charge in [-0.2, -0.15) is 10.5 Å². The lowest BCUT2D eigenvalue weighted by Gasteiger charge is -2.23. The van der Waals surface area contributed by atoms with Crippen molar-refractivity contribution >= 4 is 0 Å². The van der Waals surface area contributed by atoms with Crippen molar-refractivity contribution in [2.45, 2.75) is 25.4 Å². The van der Waals surface area contributed by atoms with E-state index in [1.807, 2.05) is 31.2 Å². The lowest BCUT2D eigenvalue weighted by atomic mass is 9.85. The van der Waals surface area contributed by atoms with E-state index >= 15 is 0 Å². The quantitative estimate of drug-likeness (QED) is 0.931. The normalized spacial score (nSPS) is 11.7. The van der Waals surface area contributed by atoms with E-state index in [2.05, 4.69) is 12.1 Å². The zero-order chi connectivity index (χ0) is 15.2. The Morgan fingerprint density at radius 1 is 0.857 bits per heavy atom. The average molecular weight is 276 g/mol. The highest BCUT2D eigenvalue weighted by Crippen LogP contribution is 2.30. The number of aliphatic hydroxyl groups excluding tert-OH is 1. The Morgan fingerprint density at radius 3 is 1.52 bits per heavy atom. The lowest BCUT2D eigenvalue weighted by Crippen LogP contribution is -2.18. The molecule has 0 amide bonds. The van der Waals surface area contributed by atoms with Crippen molar-refractivity contribution in [3.63, 3.8) is 0 Å². The fraction of sp³-hybridized carbons (Fsp3) is 0.222. The molecule has 1 atom stereocenters. The van der Waals surface area contributed by atoms with Crippen molar-refractivity contribution < 1.29 is 5.11 Å². The first-order chi connectivity index (χ1) is 10.2. The minimum atomic E-state index is -0.508. The molecule has 0 aliphatic heterocycles. The molecule has 0 bridgehead atoms. The molecule has 2 aromatic carbocycles. The standard InChI is InChI=1S/C18H16N2O/c1-2-17(21)18(15-7-3-13(11-19)4-8-15)16-9-5-14(12-20)6-10-16/h3-10,17-18,21H,2H2,1H3. The molecule has 104 valence electrons. The lowest BCUT2D eigenvalue weighted by molar-refractivity contribution is 0.152. The zero-order valence-electron chi connectivity index (χ0n) is 11.8. The molecule has 0 aliphatic carbocycles. The Kier molecular flexibility index (Phi) is 4.72. The van der Waals surface area contributed by atoms with Gasteiger partial charge in [-0.1, -0.05) is 31.2 Å². The summed E-state index contributed by atoms with van der Waals surface area (Å²) < 4.78 is 0. The molecule has 0 aliphatic rings. The van der Waals surface area contributed by atoms with E-state index < -0.39 is 6.10 Å². The van der Waals surface area contributed by atoms with E-state index in [1.54, 1.807) is 24.3 Å². The number of aliphatic hydroxyl groups is 1. The number of hydrogen-bond donors (Lipinski definition) is 1. The Bertz CT molecular complexity index is 618. The van der Waals surface area contributed by atoms with Crippen LogP contribution in [0.4, 0.5) is 0 Å². The second-order valence-electron chi connectivity index (χ2n) is 4.92. The summed E-state index contributed by atoms with van der Waals surface area (Å²) >= 11 is 0. The second kappa shape index (κ2) is 6.70. The number of nitrogens with zero attached hydrogens (tertiary/aromatic N) is 2. The van der Waals surface area contributed by atoms with Crippen molar-refractivity contribution in [3.8, 4) is 12.1 Å². The summed E-state index contributed by atoms with van der Waals surface area (Å²) in [7, 11) is 0. The van der Waals surface area contributed by atoms with Gasteiger partial charge < -0.3 is 5.11 Å². The predicted octanol–water partition coefficient (Wildman–Crippen LogP) is 3.33. The molecule has 2 aromatic rings. The molecular weight excluding hydrogens is 260 g/mol. The monoisotopic (exact) mass is 276 g/mol. The van der Waals surface area contributed by atoms with Gasteiger partial charge in [-0.3, -0.25) is 0 Å². The van der Waals surface area contributed by atoms with Crippen molar-refractivity contribution in [1.29, 1.82) is 10.5 Å². The molecule has 3 heteroatoms. The van der Waals surface area contributed by atoms with Crippen LogP contribution in [0.2, 0.25) is 0 Å². The maximum atomic E-state index is 10.3. The Labute approximate surface area is 124 Å². The molecule has 0 fully saturated rings. The van der Waals surface area contributed by atoms with Gasteiger partial charge in [0.2, 0.25) is 0 Å². The SMILES string of the molecule is CCC(O)C(c1ccc(C#N)cc1)c1ccc(C#N)cc1. The molecule has 2 rings (SSSR count). The summed E-state index contributed by atoms with van der Waals surface area (Å²) in [5.74, 6) is -0.157. The van der Waals surface area contributed by atoms with Crippen LogP contribution in [0, 0.1) is 22.7 Å². The van der Waals surface area contributed by atoms with E-state index in [1.165, 1.54) is 0 Å².